The van der Waals surface area contributed by atoms with Crippen molar-refractivity contribution < 1.29 is 0 Å². The van der Waals surface area contributed by atoms with E-state index in [1.165, 1.54) is 0 Å². The summed E-state index contributed by atoms with van der Waals surface area (Å²) in [5.41, 5.74) is 1.20. The van der Waals surface area contributed by atoms with Gasteiger partial charge in [-0.2, -0.15) is 5.26 Å². The third kappa shape index (κ3) is 3.83. The molecule has 1 aliphatic rings. The number of H-pyrrole nitrogens is 1. The van der Waals surface area contributed by atoms with Crippen molar-refractivity contribution in [1.82, 2.24) is 19.9 Å². The number of hydrogen-bond acceptors (Lipinski definition) is 7. The van der Waals surface area contributed by atoms with E-state index in [0.717, 1.165) is 31.0 Å². The number of nitrogens with zero attached hydrogens (tertiary/aromatic N) is 6. The van der Waals surface area contributed by atoms with E-state index in [2.05, 4.69) is 30.8 Å². The Morgan fingerprint density at radius 1 is 1.42 bits per heavy atom. The molecule has 0 spiro atoms. The highest BCUT2D eigenvalue weighted by molar-refractivity contribution is 5.54. The first-order chi connectivity index (χ1) is 12.5. The minimum Gasteiger partial charge on any atom is -0.354 e. The predicted molar refractivity (Wildman–Crippen MR) is 100 cm³/mol. The van der Waals surface area contributed by atoms with Crippen LogP contribution in [0.2, 0.25) is 0 Å². The zero-order valence-electron chi connectivity index (χ0n) is 15.3. The van der Waals surface area contributed by atoms with Crippen molar-refractivity contribution in [3.8, 4) is 6.07 Å². The lowest BCUT2D eigenvalue weighted by Crippen LogP contribution is -2.35. The van der Waals surface area contributed by atoms with Gasteiger partial charge in [0, 0.05) is 52.0 Å². The summed E-state index contributed by atoms with van der Waals surface area (Å²) >= 11 is 0. The molecule has 136 valence electrons. The molecule has 0 aliphatic carbocycles. The molecule has 1 aliphatic heterocycles. The molecule has 0 bridgehead atoms. The first-order valence-electron chi connectivity index (χ1n) is 8.56. The summed E-state index contributed by atoms with van der Waals surface area (Å²) in [5, 5.41) is 9.27. The van der Waals surface area contributed by atoms with Crippen LogP contribution in [0.5, 0.6) is 0 Å². The number of nitriles is 1. The van der Waals surface area contributed by atoms with Crippen molar-refractivity contribution in [2.45, 2.75) is 19.0 Å². The Balaban J connectivity index is 1.70. The molecule has 0 aromatic carbocycles. The Kier molecular flexibility index (Phi) is 5.19. The molecule has 8 heteroatoms. The van der Waals surface area contributed by atoms with E-state index in [0.29, 0.717) is 24.1 Å². The highest BCUT2D eigenvalue weighted by atomic mass is 16.1. The SMILES string of the molecule is CN(C)c1nc(CN(C)[C@H]2CCN(c3ncccc3C#N)C2)cc(=O)[nH]1. The first-order valence-corrected chi connectivity index (χ1v) is 8.56. The quantitative estimate of drug-likeness (QED) is 0.850. The molecule has 2 aromatic rings. The van der Waals surface area contributed by atoms with Crippen LogP contribution >= 0.6 is 0 Å². The van der Waals surface area contributed by atoms with E-state index in [-0.39, 0.29) is 5.56 Å². The molecule has 1 fully saturated rings. The van der Waals surface area contributed by atoms with E-state index >= 15 is 0 Å². The lowest BCUT2D eigenvalue weighted by molar-refractivity contribution is 0.247. The second-order valence-corrected chi connectivity index (χ2v) is 6.74. The van der Waals surface area contributed by atoms with Gasteiger partial charge in [0.2, 0.25) is 5.95 Å². The van der Waals surface area contributed by atoms with E-state index in [1.807, 2.05) is 21.1 Å². The fourth-order valence-electron chi connectivity index (χ4n) is 3.20. The predicted octanol–water partition coefficient (Wildman–Crippen LogP) is 0.813. The minimum absolute atomic E-state index is 0.146. The largest absolute Gasteiger partial charge is 0.354 e. The van der Waals surface area contributed by atoms with Crippen molar-refractivity contribution in [2.24, 2.45) is 0 Å². The van der Waals surface area contributed by atoms with Gasteiger partial charge in [0.15, 0.2) is 0 Å². The van der Waals surface area contributed by atoms with Crippen LogP contribution in [0.3, 0.4) is 0 Å². The van der Waals surface area contributed by atoms with Crippen LogP contribution in [-0.2, 0) is 6.54 Å². The Hall–Kier alpha value is -2.92. The van der Waals surface area contributed by atoms with Gasteiger partial charge < -0.3 is 9.80 Å². The Bertz CT molecular complexity index is 870. The number of aromatic amines is 1. The zero-order valence-corrected chi connectivity index (χ0v) is 15.3. The van der Waals surface area contributed by atoms with Crippen molar-refractivity contribution in [3.63, 3.8) is 0 Å². The summed E-state index contributed by atoms with van der Waals surface area (Å²) < 4.78 is 0. The van der Waals surface area contributed by atoms with E-state index in [1.54, 1.807) is 29.3 Å². The van der Waals surface area contributed by atoms with E-state index in [9.17, 15) is 10.1 Å². The summed E-state index contributed by atoms with van der Waals surface area (Å²) in [4.78, 5) is 29.6. The maximum atomic E-state index is 11.8. The maximum Gasteiger partial charge on any atom is 0.252 e. The molecule has 0 radical (unpaired) electrons. The lowest BCUT2D eigenvalue weighted by atomic mass is 10.2. The Labute approximate surface area is 152 Å². The van der Waals surface area contributed by atoms with E-state index < -0.39 is 0 Å². The van der Waals surface area contributed by atoms with Crippen molar-refractivity contribution in [1.29, 1.82) is 5.26 Å². The highest BCUT2D eigenvalue weighted by Crippen LogP contribution is 2.24. The Morgan fingerprint density at radius 2 is 2.23 bits per heavy atom. The molecule has 8 nitrogen and oxygen atoms in total. The summed E-state index contributed by atoms with van der Waals surface area (Å²) in [6.07, 6.45) is 2.69. The molecule has 3 rings (SSSR count). The van der Waals surface area contributed by atoms with Crippen LogP contribution in [0.4, 0.5) is 11.8 Å². The number of nitrogens with one attached hydrogen (secondary N) is 1. The van der Waals surface area contributed by atoms with Gasteiger partial charge in [-0.3, -0.25) is 14.7 Å². The average molecular weight is 353 g/mol. The molecule has 3 heterocycles. The summed E-state index contributed by atoms with van der Waals surface area (Å²) in [7, 11) is 5.73. The molecule has 0 amide bonds. The van der Waals surface area contributed by atoms with Gasteiger partial charge in [0.1, 0.15) is 11.9 Å². The van der Waals surface area contributed by atoms with Crippen molar-refractivity contribution in [3.05, 3.63) is 46.0 Å². The van der Waals surface area contributed by atoms with Gasteiger partial charge in [-0.1, -0.05) is 0 Å². The number of likely N-dealkylation sites (N-methyl/N-ethyl adjacent to an activating group) is 1. The zero-order chi connectivity index (χ0) is 18.7. The average Bonchev–Trinajstić information content (AvgIpc) is 3.11. The number of pyridine rings is 1. The van der Waals surface area contributed by atoms with Gasteiger partial charge in [-0.25, -0.2) is 9.97 Å². The molecule has 26 heavy (non-hydrogen) atoms. The van der Waals surface area contributed by atoms with Crippen LogP contribution in [0.1, 0.15) is 17.7 Å². The Morgan fingerprint density at radius 3 is 2.96 bits per heavy atom. The molecule has 0 unspecified atom stereocenters. The number of hydrogen-bond donors (Lipinski definition) is 1. The molecule has 0 saturated carbocycles. The molecule has 1 N–H and O–H groups in total. The second-order valence-electron chi connectivity index (χ2n) is 6.74. The molecular formula is C18H23N7O. The standard InChI is InChI=1S/C18H23N7O/c1-23(2)18-21-14(9-16(26)22-18)11-24(3)15-6-8-25(12-15)17-13(10-19)5-4-7-20-17/h4-5,7,9,15H,6,8,11-12H2,1-3H3,(H,21,22,26)/t15-/m0/s1. The van der Waals surface area contributed by atoms with Crippen LogP contribution in [-0.4, -0.2) is 60.1 Å². The van der Waals surface area contributed by atoms with Gasteiger partial charge in [-0.05, 0) is 25.6 Å². The number of rotatable bonds is 5. The molecular weight excluding hydrogens is 330 g/mol. The van der Waals surface area contributed by atoms with Crippen molar-refractivity contribution in [2.75, 3.05) is 44.0 Å². The maximum absolute atomic E-state index is 11.8. The van der Waals surface area contributed by atoms with Gasteiger partial charge >= 0.3 is 0 Å². The van der Waals surface area contributed by atoms with Gasteiger partial charge in [-0.15, -0.1) is 0 Å². The van der Waals surface area contributed by atoms with Crippen molar-refractivity contribution >= 4 is 11.8 Å². The van der Waals surface area contributed by atoms with Gasteiger partial charge in [0.25, 0.3) is 5.56 Å². The third-order valence-electron chi connectivity index (χ3n) is 4.61. The fraction of sp³-hybridized carbons (Fsp3) is 0.444. The van der Waals surface area contributed by atoms with Crippen LogP contribution in [0.15, 0.2) is 29.2 Å². The second kappa shape index (κ2) is 7.54. The minimum atomic E-state index is -0.146. The van der Waals surface area contributed by atoms with Crippen LogP contribution in [0, 0.1) is 11.3 Å². The smallest absolute Gasteiger partial charge is 0.252 e. The summed E-state index contributed by atoms with van der Waals surface area (Å²) in [6.45, 7) is 2.25. The van der Waals surface area contributed by atoms with Crippen LogP contribution in [0.25, 0.3) is 0 Å². The molecule has 1 saturated heterocycles. The fourth-order valence-corrected chi connectivity index (χ4v) is 3.20. The molecule has 2 aromatic heterocycles. The van der Waals surface area contributed by atoms with E-state index in [4.69, 9.17) is 0 Å². The summed E-state index contributed by atoms with van der Waals surface area (Å²) in [5.74, 6) is 1.30. The highest BCUT2D eigenvalue weighted by Gasteiger charge is 2.28. The first kappa shape index (κ1) is 17.9. The summed E-state index contributed by atoms with van der Waals surface area (Å²) in [6, 6.07) is 7.64. The monoisotopic (exact) mass is 353 g/mol. The normalized spacial score (nSPS) is 16.7. The number of anilines is 2. The topological polar surface area (TPSA) is 92.2 Å². The van der Waals surface area contributed by atoms with Crippen LogP contribution < -0.4 is 15.4 Å². The molecule has 1 atom stereocenters. The number of aromatic nitrogens is 3. The third-order valence-corrected chi connectivity index (χ3v) is 4.61. The lowest BCUT2D eigenvalue weighted by Gasteiger charge is -2.25. The van der Waals surface area contributed by atoms with Gasteiger partial charge in [0.05, 0.1) is 11.3 Å².